The largest absolute Gasteiger partial charge is 0.477 e. The molecule has 0 atom stereocenters. The minimum Gasteiger partial charge on any atom is -0.477 e. The van der Waals surface area contributed by atoms with Crippen LogP contribution in [0.2, 0.25) is 0 Å². The fourth-order valence-corrected chi connectivity index (χ4v) is 1.10. The smallest absolute Gasteiger partial charge is 0.460 e. The zero-order valence-electron chi connectivity index (χ0n) is 14.6. The van der Waals surface area contributed by atoms with E-state index in [1.54, 1.807) is 0 Å². The highest BCUT2D eigenvalue weighted by Gasteiger charge is 2.94. The Morgan fingerprint density at radius 1 is 0.567 bits per heavy atom. The lowest BCUT2D eigenvalue weighted by Crippen LogP contribution is -2.73. The summed E-state index contributed by atoms with van der Waals surface area (Å²) >= 11 is 0. The van der Waals surface area contributed by atoms with Gasteiger partial charge in [0.15, 0.2) is 0 Å². The minimum atomic E-state index is -8.47. The molecular weight excluding hydrogens is 475 g/mol. The number of carboxylic acid groups (broad SMARTS) is 1. The number of nitrogens with two attached hydrogens (primary N) is 1. The van der Waals surface area contributed by atoms with E-state index in [2.05, 4.69) is 0 Å². The molecule has 0 saturated heterocycles. The molecule has 30 heavy (non-hydrogen) atoms. The van der Waals surface area contributed by atoms with Crippen LogP contribution in [-0.4, -0.2) is 58.3 Å². The standard InChI is InChI=1S/C8HF15O2.C4H11N/c9-2(10,1(24)25)3(11,12)4(13,14)5(15,16)6(17,18)7(19,20)8(21,22)23;1-4(2,3)5/h(H,24,25);5H2,1-3H3. The molecule has 0 aromatic rings. The average molecular weight is 487 g/mol. The predicted octanol–water partition coefficient (Wildman–Crippen LogP) is 5.19. The van der Waals surface area contributed by atoms with Gasteiger partial charge in [0.2, 0.25) is 0 Å². The highest BCUT2D eigenvalue weighted by Crippen LogP contribution is 2.62. The van der Waals surface area contributed by atoms with Crippen molar-refractivity contribution in [3.8, 4) is 0 Å². The average Bonchev–Trinajstić information content (AvgIpc) is 2.42. The Hall–Kier alpha value is -1.62. The van der Waals surface area contributed by atoms with E-state index in [0.717, 1.165) is 0 Å². The van der Waals surface area contributed by atoms with Crippen molar-refractivity contribution in [3.05, 3.63) is 0 Å². The van der Waals surface area contributed by atoms with Gasteiger partial charge in [-0.3, -0.25) is 0 Å². The van der Waals surface area contributed by atoms with E-state index < -0.39 is 47.7 Å². The van der Waals surface area contributed by atoms with Gasteiger partial charge in [-0.2, -0.15) is 65.9 Å². The van der Waals surface area contributed by atoms with Gasteiger partial charge in [-0.25, -0.2) is 4.79 Å². The Bertz CT molecular complexity index is 612. The molecule has 3 N–H and O–H groups in total. The summed E-state index contributed by atoms with van der Waals surface area (Å²) in [7, 11) is 0. The monoisotopic (exact) mass is 487 g/mol. The zero-order valence-corrected chi connectivity index (χ0v) is 14.6. The van der Waals surface area contributed by atoms with Gasteiger partial charge in [0, 0.05) is 5.54 Å². The van der Waals surface area contributed by atoms with Crippen LogP contribution in [-0.2, 0) is 4.79 Å². The molecule has 0 spiro atoms. The first-order chi connectivity index (χ1) is 12.4. The van der Waals surface area contributed by atoms with Crippen LogP contribution < -0.4 is 5.73 Å². The number of rotatable bonds is 6. The van der Waals surface area contributed by atoms with E-state index >= 15 is 0 Å². The van der Waals surface area contributed by atoms with Gasteiger partial charge < -0.3 is 10.8 Å². The van der Waals surface area contributed by atoms with E-state index in [1.807, 2.05) is 20.8 Å². The van der Waals surface area contributed by atoms with E-state index in [9.17, 15) is 70.7 Å². The second-order valence-corrected chi connectivity index (χ2v) is 6.62. The van der Waals surface area contributed by atoms with E-state index in [0.29, 0.717) is 0 Å². The van der Waals surface area contributed by atoms with Crippen molar-refractivity contribution in [2.45, 2.75) is 68.0 Å². The molecular formula is C12H12F15NO2. The van der Waals surface area contributed by atoms with E-state index in [-0.39, 0.29) is 5.54 Å². The Labute approximate surface area is 157 Å². The third-order valence-corrected chi connectivity index (χ3v) is 2.60. The van der Waals surface area contributed by atoms with Crippen molar-refractivity contribution in [1.29, 1.82) is 0 Å². The second kappa shape index (κ2) is 7.81. The molecule has 182 valence electrons. The maximum atomic E-state index is 12.8. The highest BCUT2D eigenvalue weighted by molar-refractivity contribution is 5.77. The fraction of sp³-hybridized carbons (Fsp3) is 0.917. The SMILES string of the molecule is CC(C)(C)N.O=C(O)C(F)(F)C(F)(F)C(F)(F)C(F)(F)C(F)(F)C(F)(F)C(F)(F)F. The van der Waals surface area contributed by atoms with Gasteiger partial charge in [0.05, 0.1) is 0 Å². The lowest BCUT2D eigenvalue weighted by atomic mass is 9.91. The summed E-state index contributed by atoms with van der Waals surface area (Å²) in [5.41, 5.74) is 5.35. The molecule has 0 aromatic carbocycles. The van der Waals surface area contributed by atoms with Crippen molar-refractivity contribution in [2.75, 3.05) is 0 Å². The number of alkyl halides is 15. The number of hydrogen-bond donors (Lipinski definition) is 2. The van der Waals surface area contributed by atoms with Gasteiger partial charge in [0.1, 0.15) is 0 Å². The van der Waals surface area contributed by atoms with Crippen LogP contribution in [0.1, 0.15) is 20.8 Å². The molecule has 0 heterocycles. The van der Waals surface area contributed by atoms with Crippen molar-refractivity contribution >= 4 is 5.97 Å². The van der Waals surface area contributed by atoms with Crippen molar-refractivity contribution in [1.82, 2.24) is 0 Å². The minimum absolute atomic E-state index is 0. The summed E-state index contributed by atoms with van der Waals surface area (Å²) in [4.78, 5) is 9.72. The van der Waals surface area contributed by atoms with Gasteiger partial charge in [-0.05, 0) is 20.8 Å². The quantitative estimate of drug-likeness (QED) is 0.508. The Kier molecular flexibility index (Phi) is 7.96. The molecule has 0 bridgehead atoms. The lowest BCUT2D eigenvalue weighted by molar-refractivity contribution is -0.450. The van der Waals surface area contributed by atoms with Gasteiger partial charge in [0.25, 0.3) is 0 Å². The van der Waals surface area contributed by atoms with Gasteiger partial charge >= 0.3 is 47.7 Å². The maximum absolute atomic E-state index is 12.8. The molecule has 0 aliphatic rings. The van der Waals surface area contributed by atoms with Crippen LogP contribution in [0, 0.1) is 0 Å². The topological polar surface area (TPSA) is 63.3 Å². The highest BCUT2D eigenvalue weighted by atomic mass is 19.4. The molecule has 0 aliphatic carbocycles. The molecule has 0 unspecified atom stereocenters. The van der Waals surface area contributed by atoms with E-state index in [4.69, 9.17) is 10.8 Å². The number of carboxylic acids is 1. The number of carbonyl (C=O) groups is 1. The van der Waals surface area contributed by atoms with Gasteiger partial charge in [-0.1, -0.05) is 0 Å². The van der Waals surface area contributed by atoms with Crippen LogP contribution in [0.5, 0.6) is 0 Å². The molecule has 0 aromatic heterocycles. The molecule has 0 radical (unpaired) electrons. The van der Waals surface area contributed by atoms with Crippen molar-refractivity contribution < 1.29 is 75.8 Å². The van der Waals surface area contributed by atoms with Crippen LogP contribution in [0.25, 0.3) is 0 Å². The van der Waals surface area contributed by atoms with Crippen LogP contribution in [0.4, 0.5) is 65.9 Å². The van der Waals surface area contributed by atoms with Crippen molar-refractivity contribution in [2.24, 2.45) is 5.73 Å². The molecule has 0 fully saturated rings. The fourth-order valence-electron chi connectivity index (χ4n) is 1.10. The predicted molar refractivity (Wildman–Crippen MR) is 67.3 cm³/mol. The Balaban J connectivity index is 0. The zero-order chi connectivity index (χ0) is 25.6. The van der Waals surface area contributed by atoms with Crippen molar-refractivity contribution in [3.63, 3.8) is 0 Å². The molecule has 0 amide bonds. The Morgan fingerprint density at radius 2 is 0.767 bits per heavy atom. The van der Waals surface area contributed by atoms with Crippen LogP contribution in [0.15, 0.2) is 0 Å². The summed E-state index contributed by atoms with van der Waals surface area (Å²) in [6.07, 6.45) is -7.69. The first-order valence-electron chi connectivity index (χ1n) is 6.80. The lowest BCUT2D eigenvalue weighted by Gasteiger charge is -2.40. The summed E-state index contributed by atoms with van der Waals surface area (Å²) in [6.45, 7) is 5.90. The number of halogens is 15. The first kappa shape index (κ1) is 30.6. The normalized spacial score (nSPS) is 15.4. The Morgan fingerprint density at radius 3 is 0.967 bits per heavy atom. The molecule has 3 nitrogen and oxygen atoms in total. The summed E-state index contributed by atoms with van der Waals surface area (Å²) in [6, 6.07) is 0. The molecule has 0 rings (SSSR count). The number of hydrogen-bond acceptors (Lipinski definition) is 2. The van der Waals surface area contributed by atoms with Crippen LogP contribution >= 0.6 is 0 Å². The maximum Gasteiger partial charge on any atom is 0.460 e. The molecule has 18 heteroatoms. The molecule has 0 saturated carbocycles. The third kappa shape index (κ3) is 4.99. The van der Waals surface area contributed by atoms with E-state index in [1.165, 1.54) is 0 Å². The summed E-state index contributed by atoms with van der Waals surface area (Å²) in [5, 5.41) is 7.57. The first-order valence-corrected chi connectivity index (χ1v) is 6.80. The number of aliphatic carboxylic acids is 1. The summed E-state index contributed by atoms with van der Waals surface area (Å²) in [5.74, 6) is -52.8. The molecule has 0 aliphatic heterocycles. The van der Waals surface area contributed by atoms with Gasteiger partial charge in [-0.15, -0.1) is 0 Å². The second-order valence-electron chi connectivity index (χ2n) is 6.62. The van der Waals surface area contributed by atoms with Crippen LogP contribution in [0.3, 0.4) is 0 Å². The third-order valence-electron chi connectivity index (χ3n) is 2.60. The summed E-state index contributed by atoms with van der Waals surface area (Å²) < 4.78 is 187.